The van der Waals surface area contributed by atoms with Crippen LogP contribution in [0.25, 0.3) is 11.4 Å². The minimum absolute atomic E-state index is 0.227. The third kappa shape index (κ3) is 2.12. The molecule has 1 fully saturated rings. The Hall–Kier alpha value is -1.82. The molecule has 1 heterocycles. The Morgan fingerprint density at radius 1 is 1.16 bits per heavy atom. The van der Waals surface area contributed by atoms with Gasteiger partial charge in [-0.1, -0.05) is 18.0 Å². The van der Waals surface area contributed by atoms with Crippen LogP contribution in [0.2, 0.25) is 0 Å². The van der Waals surface area contributed by atoms with E-state index in [4.69, 9.17) is 10.3 Å². The largest absolute Gasteiger partial charge is 0.337 e. The van der Waals surface area contributed by atoms with Crippen LogP contribution in [0.15, 0.2) is 22.7 Å². The first-order valence-corrected chi connectivity index (χ1v) is 6.17. The number of aromatic nitrogens is 2. The summed E-state index contributed by atoms with van der Waals surface area (Å²) in [7, 11) is 0. The zero-order chi connectivity index (χ0) is 13.5. The van der Waals surface area contributed by atoms with Crippen molar-refractivity contribution in [3.8, 4) is 11.4 Å². The van der Waals surface area contributed by atoms with Crippen molar-refractivity contribution in [2.24, 2.45) is 5.73 Å². The number of nitrogens with zero attached hydrogens (tertiary/aromatic N) is 2. The van der Waals surface area contributed by atoms with Gasteiger partial charge in [0, 0.05) is 5.56 Å². The van der Waals surface area contributed by atoms with Gasteiger partial charge in [0.05, 0.1) is 5.54 Å². The van der Waals surface area contributed by atoms with Crippen molar-refractivity contribution in [3.63, 3.8) is 0 Å². The fourth-order valence-electron chi connectivity index (χ4n) is 2.40. The maximum atomic E-state index is 13.2. The highest BCUT2D eigenvalue weighted by Gasteiger charge is 2.36. The van der Waals surface area contributed by atoms with Crippen molar-refractivity contribution < 1.29 is 13.3 Å². The van der Waals surface area contributed by atoms with Gasteiger partial charge in [-0.2, -0.15) is 4.98 Å². The maximum Gasteiger partial charge on any atom is 0.247 e. The van der Waals surface area contributed by atoms with Crippen molar-refractivity contribution >= 4 is 0 Å². The first kappa shape index (κ1) is 12.2. The zero-order valence-corrected chi connectivity index (χ0v) is 10.2. The number of hydrogen-bond acceptors (Lipinski definition) is 4. The highest BCUT2D eigenvalue weighted by atomic mass is 19.2. The maximum absolute atomic E-state index is 13.2. The van der Waals surface area contributed by atoms with Crippen LogP contribution in [0.4, 0.5) is 8.78 Å². The molecule has 1 saturated carbocycles. The van der Waals surface area contributed by atoms with Gasteiger partial charge in [-0.3, -0.25) is 0 Å². The summed E-state index contributed by atoms with van der Waals surface area (Å²) in [5.41, 5.74) is 5.99. The van der Waals surface area contributed by atoms with E-state index in [0.29, 0.717) is 11.5 Å². The molecule has 0 amide bonds. The van der Waals surface area contributed by atoms with E-state index in [1.54, 1.807) is 0 Å². The molecule has 0 unspecified atom stereocenters. The molecule has 0 bridgehead atoms. The summed E-state index contributed by atoms with van der Waals surface area (Å²) in [5.74, 6) is -1.25. The van der Waals surface area contributed by atoms with Crippen LogP contribution in [0.5, 0.6) is 0 Å². The topological polar surface area (TPSA) is 64.9 Å². The minimum Gasteiger partial charge on any atom is -0.337 e. The van der Waals surface area contributed by atoms with Gasteiger partial charge in [0.1, 0.15) is 0 Å². The predicted molar refractivity (Wildman–Crippen MR) is 64.0 cm³/mol. The smallest absolute Gasteiger partial charge is 0.247 e. The number of hydrogen-bond donors (Lipinski definition) is 1. The lowest BCUT2D eigenvalue weighted by molar-refractivity contribution is 0.285. The van der Waals surface area contributed by atoms with Gasteiger partial charge in [-0.25, -0.2) is 8.78 Å². The average Bonchev–Trinajstić information content (AvgIpc) is 3.02. The van der Waals surface area contributed by atoms with Gasteiger partial charge in [0.25, 0.3) is 0 Å². The molecular formula is C13H13F2N3O. The van der Waals surface area contributed by atoms with E-state index in [0.717, 1.165) is 37.8 Å². The Labute approximate surface area is 108 Å². The van der Waals surface area contributed by atoms with Crippen molar-refractivity contribution in [3.05, 3.63) is 35.7 Å². The summed E-state index contributed by atoms with van der Waals surface area (Å²) in [6.07, 6.45) is 3.65. The van der Waals surface area contributed by atoms with Crippen molar-refractivity contribution in [2.75, 3.05) is 0 Å². The van der Waals surface area contributed by atoms with Crippen LogP contribution in [0, 0.1) is 11.6 Å². The monoisotopic (exact) mass is 265 g/mol. The van der Waals surface area contributed by atoms with Crippen LogP contribution in [0.3, 0.4) is 0 Å². The number of nitrogens with two attached hydrogens (primary N) is 1. The molecule has 2 N–H and O–H groups in total. The lowest BCUT2D eigenvalue weighted by atomic mass is 9.99. The van der Waals surface area contributed by atoms with Gasteiger partial charge in [0.15, 0.2) is 11.6 Å². The lowest BCUT2D eigenvalue weighted by Crippen LogP contribution is -2.33. The second-order valence-corrected chi connectivity index (χ2v) is 4.92. The Kier molecular flexibility index (Phi) is 2.82. The molecule has 0 atom stereocenters. The van der Waals surface area contributed by atoms with Gasteiger partial charge in [-0.05, 0) is 31.0 Å². The van der Waals surface area contributed by atoms with Gasteiger partial charge in [0.2, 0.25) is 11.7 Å². The summed E-state index contributed by atoms with van der Waals surface area (Å²) >= 11 is 0. The van der Waals surface area contributed by atoms with E-state index in [9.17, 15) is 8.78 Å². The average molecular weight is 265 g/mol. The van der Waals surface area contributed by atoms with Crippen LogP contribution in [0.1, 0.15) is 31.6 Å². The zero-order valence-electron chi connectivity index (χ0n) is 10.2. The molecule has 100 valence electrons. The minimum atomic E-state index is -0.938. The summed E-state index contributed by atoms with van der Waals surface area (Å²) in [4.78, 5) is 4.21. The molecule has 0 spiro atoms. The van der Waals surface area contributed by atoms with Crippen molar-refractivity contribution in [2.45, 2.75) is 31.2 Å². The molecule has 3 rings (SSSR count). The van der Waals surface area contributed by atoms with Crippen molar-refractivity contribution in [1.29, 1.82) is 0 Å². The quantitative estimate of drug-likeness (QED) is 0.906. The SMILES string of the molecule is NC1(c2nc(-c3ccc(F)c(F)c3)no2)CCCC1. The normalized spacial score (nSPS) is 17.8. The number of halogens is 2. The second-order valence-electron chi connectivity index (χ2n) is 4.92. The third-order valence-corrected chi connectivity index (χ3v) is 3.53. The fraction of sp³-hybridized carbons (Fsp3) is 0.385. The molecule has 4 nitrogen and oxygen atoms in total. The predicted octanol–water partition coefficient (Wildman–Crippen LogP) is 2.74. The molecule has 19 heavy (non-hydrogen) atoms. The molecule has 1 aliphatic carbocycles. The number of rotatable bonds is 2. The van der Waals surface area contributed by atoms with E-state index < -0.39 is 17.2 Å². The summed E-state index contributed by atoms with van der Waals surface area (Å²) < 4.78 is 31.2. The fourth-order valence-corrected chi connectivity index (χ4v) is 2.40. The Balaban J connectivity index is 1.94. The third-order valence-electron chi connectivity index (χ3n) is 3.53. The highest BCUT2D eigenvalue weighted by molar-refractivity contribution is 5.54. The Bertz CT molecular complexity index is 606. The van der Waals surface area contributed by atoms with E-state index in [1.165, 1.54) is 6.07 Å². The molecule has 1 aromatic carbocycles. The second kappa shape index (κ2) is 4.38. The first-order valence-electron chi connectivity index (χ1n) is 6.17. The van der Waals surface area contributed by atoms with Crippen molar-refractivity contribution in [1.82, 2.24) is 10.1 Å². The molecule has 1 aromatic heterocycles. The summed E-state index contributed by atoms with van der Waals surface area (Å²) in [6.45, 7) is 0. The number of benzene rings is 1. The van der Waals surface area contributed by atoms with Crippen LogP contribution >= 0.6 is 0 Å². The van der Waals surface area contributed by atoms with Gasteiger partial charge < -0.3 is 10.3 Å². The summed E-state index contributed by atoms with van der Waals surface area (Å²) in [5, 5.41) is 3.79. The van der Waals surface area contributed by atoms with Crippen LogP contribution in [-0.2, 0) is 5.54 Å². The molecule has 2 aromatic rings. The first-order chi connectivity index (χ1) is 9.08. The highest BCUT2D eigenvalue weighted by Crippen LogP contribution is 2.36. The van der Waals surface area contributed by atoms with E-state index in [2.05, 4.69) is 10.1 Å². The molecular weight excluding hydrogens is 252 g/mol. The Morgan fingerprint density at radius 2 is 1.89 bits per heavy atom. The molecule has 6 heteroatoms. The van der Waals surface area contributed by atoms with E-state index >= 15 is 0 Å². The van der Waals surface area contributed by atoms with Crippen LogP contribution < -0.4 is 5.73 Å². The van der Waals surface area contributed by atoms with Gasteiger partial charge >= 0.3 is 0 Å². The Morgan fingerprint density at radius 3 is 2.58 bits per heavy atom. The molecule has 1 aliphatic rings. The van der Waals surface area contributed by atoms with Crippen LogP contribution in [-0.4, -0.2) is 10.1 Å². The van der Waals surface area contributed by atoms with Gasteiger partial charge in [-0.15, -0.1) is 0 Å². The van der Waals surface area contributed by atoms with E-state index in [-0.39, 0.29) is 5.82 Å². The van der Waals surface area contributed by atoms with E-state index in [1.807, 2.05) is 0 Å². The standard InChI is InChI=1S/C13H13F2N3O/c14-9-4-3-8(7-10(9)15)11-17-12(19-18-11)13(16)5-1-2-6-13/h3-4,7H,1-2,5-6,16H2. The summed E-state index contributed by atoms with van der Waals surface area (Å²) in [6, 6.07) is 3.49. The lowest BCUT2D eigenvalue weighted by Gasteiger charge is -2.17. The molecule has 0 radical (unpaired) electrons. The molecule has 0 aliphatic heterocycles. The molecule has 0 saturated heterocycles.